The minimum Gasteiger partial charge on any atom is -0.489 e. The van der Waals surface area contributed by atoms with Crippen molar-refractivity contribution in [3.63, 3.8) is 0 Å². The fraction of sp³-hybridized carbons (Fsp3) is 0.0741. The van der Waals surface area contributed by atoms with Crippen molar-refractivity contribution in [3.8, 4) is 11.6 Å². The monoisotopic (exact) mass is 434 g/mol. The predicted octanol–water partition coefficient (Wildman–Crippen LogP) is 5.93. The van der Waals surface area contributed by atoms with E-state index in [4.69, 9.17) is 9.47 Å². The number of nitrogens with zero attached hydrogens (tertiary/aromatic N) is 3. The number of hydrogen-bond acceptors (Lipinski definition) is 6. The zero-order chi connectivity index (χ0) is 22.3. The van der Waals surface area contributed by atoms with Crippen LogP contribution in [0.2, 0.25) is 0 Å². The standard InChI is InChI=1S/C27H22N4O2/c1-3-7-20(8-4-1)17-32-23-13-11-22(12-14-23)31-27-24-15-26(28-16-25(24)29-19-30-27)33-18-21-9-5-2-6-10-21/h1-16,19H,17-18H2,(H,29,30,31). The Morgan fingerprint density at radius 1 is 0.667 bits per heavy atom. The molecule has 1 N–H and O–H groups in total. The number of fused-ring (bicyclic) bond motifs is 1. The number of hydrogen-bond donors (Lipinski definition) is 1. The Morgan fingerprint density at radius 3 is 2.03 bits per heavy atom. The summed E-state index contributed by atoms with van der Waals surface area (Å²) in [5.74, 6) is 2.01. The van der Waals surface area contributed by atoms with Gasteiger partial charge in [-0.15, -0.1) is 0 Å². The summed E-state index contributed by atoms with van der Waals surface area (Å²) in [7, 11) is 0. The molecular formula is C27H22N4O2. The fourth-order valence-electron chi connectivity index (χ4n) is 3.36. The Labute approximate surface area is 191 Å². The lowest BCUT2D eigenvalue weighted by Gasteiger charge is -2.11. The van der Waals surface area contributed by atoms with Crippen LogP contribution in [0.1, 0.15) is 11.1 Å². The highest BCUT2D eigenvalue weighted by atomic mass is 16.5. The quantitative estimate of drug-likeness (QED) is 0.327. The maximum Gasteiger partial charge on any atom is 0.214 e. The molecule has 162 valence electrons. The molecule has 0 aliphatic rings. The third-order valence-electron chi connectivity index (χ3n) is 5.09. The number of benzene rings is 3. The van der Waals surface area contributed by atoms with Crippen LogP contribution in [0.4, 0.5) is 11.5 Å². The van der Waals surface area contributed by atoms with Crippen molar-refractivity contribution in [1.29, 1.82) is 0 Å². The van der Waals surface area contributed by atoms with Crippen LogP contribution < -0.4 is 14.8 Å². The van der Waals surface area contributed by atoms with Gasteiger partial charge in [0.05, 0.1) is 11.7 Å². The van der Waals surface area contributed by atoms with Gasteiger partial charge in [0.1, 0.15) is 31.1 Å². The molecule has 6 heteroatoms. The van der Waals surface area contributed by atoms with E-state index >= 15 is 0 Å². The highest BCUT2D eigenvalue weighted by Crippen LogP contribution is 2.26. The molecule has 3 aromatic carbocycles. The second-order valence-corrected chi connectivity index (χ2v) is 7.46. The van der Waals surface area contributed by atoms with Crippen molar-refractivity contribution >= 4 is 22.4 Å². The second kappa shape index (κ2) is 9.78. The molecule has 33 heavy (non-hydrogen) atoms. The first-order chi connectivity index (χ1) is 16.3. The summed E-state index contributed by atoms with van der Waals surface area (Å²) >= 11 is 0. The Balaban J connectivity index is 1.28. The zero-order valence-corrected chi connectivity index (χ0v) is 17.9. The van der Waals surface area contributed by atoms with Gasteiger partial charge in [0, 0.05) is 17.1 Å². The first-order valence-corrected chi connectivity index (χ1v) is 10.6. The molecule has 0 fully saturated rings. The molecule has 0 radical (unpaired) electrons. The van der Waals surface area contributed by atoms with Gasteiger partial charge in [0.25, 0.3) is 0 Å². The molecule has 0 aliphatic carbocycles. The van der Waals surface area contributed by atoms with E-state index in [1.807, 2.05) is 91.0 Å². The topological polar surface area (TPSA) is 69.2 Å². The van der Waals surface area contributed by atoms with E-state index in [0.29, 0.717) is 24.9 Å². The van der Waals surface area contributed by atoms with E-state index in [1.54, 1.807) is 6.20 Å². The SMILES string of the molecule is c1ccc(COc2ccc(Nc3ncnc4cnc(OCc5ccccc5)cc34)cc2)cc1. The third kappa shape index (κ3) is 5.25. The number of nitrogens with one attached hydrogen (secondary N) is 1. The molecule has 0 aliphatic heterocycles. The molecule has 0 atom stereocenters. The molecule has 0 spiro atoms. The first kappa shape index (κ1) is 20.5. The van der Waals surface area contributed by atoms with Crippen LogP contribution in [0.25, 0.3) is 10.9 Å². The zero-order valence-electron chi connectivity index (χ0n) is 17.9. The molecular weight excluding hydrogens is 412 g/mol. The van der Waals surface area contributed by atoms with Gasteiger partial charge in [-0.1, -0.05) is 60.7 Å². The summed E-state index contributed by atoms with van der Waals surface area (Å²) in [6.45, 7) is 0.975. The van der Waals surface area contributed by atoms with Crippen LogP contribution >= 0.6 is 0 Å². The Kier molecular flexibility index (Phi) is 6.06. The lowest BCUT2D eigenvalue weighted by Crippen LogP contribution is -2.00. The van der Waals surface area contributed by atoms with Gasteiger partial charge in [0.2, 0.25) is 5.88 Å². The van der Waals surface area contributed by atoms with E-state index < -0.39 is 0 Å². The highest BCUT2D eigenvalue weighted by Gasteiger charge is 2.08. The molecule has 2 aromatic heterocycles. The molecule has 0 saturated carbocycles. The smallest absolute Gasteiger partial charge is 0.214 e. The van der Waals surface area contributed by atoms with Crippen LogP contribution in [0, 0.1) is 0 Å². The van der Waals surface area contributed by atoms with Gasteiger partial charge in [0.15, 0.2) is 0 Å². The Hall–Kier alpha value is -4.45. The van der Waals surface area contributed by atoms with Crippen LogP contribution in [-0.2, 0) is 13.2 Å². The molecule has 0 bridgehead atoms. The summed E-state index contributed by atoms with van der Waals surface area (Å²) in [6, 6.07) is 29.7. The van der Waals surface area contributed by atoms with E-state index in [1.165, 1.54) is 6.33 Å². The molecule has 6 nitrogen and oxygen atoms in total. The highest BCUT2D eigenvalue weighted by molar-refractivity contribution is 5.90. The summed E-state index contributed by atoms with van der Waals surface area (Å²) in [4.78, 5) is 13.1. The largest absolute Gasteiger partial charge is 0.489 e. The van der Waals surface area contributed by atoms with Crippen LogP contribution in [-0.4, -0.2) is 15.0 Å². The number of rotatable bonds is 8. The van der Waals surface area contributed by atoms with Crippen molar-refractivity contribution < 1.29 is 9.47 Å². The van der Waals surface area contributed by atoms with Crippen LogP contribution in [0.15, 0.2) is 104 Å². The Morgan fingerprint density at radius 2 is 1.33 bits per heavy atom. The van der Waals surface area contributed by atoms with Crippen molar-refractivity contribution in [2.24, 2.45) is 0 Å². The normalized spacial score (nSPS) is 10.7. The van der Waals surface area contributed by atoms with Crippen molar-refractivity contribution in [3.05, 3.63) is 115 Å². The number of aromatic nitrogens is 3. The minimum atomic E-state index is 0.445. The summed E-state index contributed by atoms with van der Waals surface area (Å²) < 4.78 is 11.7. The van der Waals surface area contributed by atoms with E-state index in [9.17, 15) is 0 Å². The number of anilines is 2. The van der Waals surface area contributed by atoms with E-state index in [0.717, 1.165) is 33.5 Å². The summed E-state index contributed by atoms with van der Waals surface area (Å²) in [5.41, 5.74) is 3.84. The lowest BCUT2D eigenvalue weighted by molar-refractivity contribution is 0.294. The average molecular weight is 434 g/mol. The van der Waals surface area contributed by atoms with Gasteiger partial charge in [-0.05, 0) is 35.4 Å². The first-order valence-electron chi connectivity index (χ1n) is 10.6. The van der Waals surface area contributed by atoms with Crippen LogP contribution in [0.3, 0.4) is 0 Å². The van der Waals surface area contributed by atoms with E-state index in [-0.39, 0.29) is 0 Å². The molecule has 0 amide bonds. The Bertz CT molecular complexity index is 1330. The van der Waals surface area contributed by atoms with Gasteiger partial charge >= 0.3 is 0 Å². The summed E-state index contributed by atoms with van der Waals surface area (Å²) in [6.07, 6.45) is 3.22. The third-order valence-corrected chi connectivity index (χ3v) is 5.09. The lowest BCUT2D eigenvalue weighted by atomic mass is 10.2. The number of ether oxygens (including phenoxy) is 2. The van der Waals surface area contributed by atoms with Crippen molar-refractivity contribution in [2.45, 2.75) is 13.2 Å². The molecule has 2 heterocycles. The molecule has 0 unspecified atom stereocenters. The number of pyridine rings is 1. The fourth-order valence-corrected chi connectivity index (χ4v) is 3.36. The minimum absolute atomic E-state index is 0.445. The van der Waals surface area contributed by atoms with Gasteiger partial charge in [-0.2, -0.15) is 0 Å². The van der Waals surface area contributed by atoms with E-state index in [2.05, 4.69) is 20.3 Å². The second-order valence-electron chi connectivity index (χ2n) is 7.46. The maximum atomic E-state index is 5.87. The van der Waals surface area contributed by atoms with Gasteiger partial charge < -0.3 is 14.8 Å². The van der Waals surface area contributed by atoms with Crippen LogP contribution in [0.5, 0.6) is 11.6 Å². The maximum absolute atomic E-state index is 5.87. The molecule has 5 rings (SSSR count). The molecule has 5 aromatic rings. The van der Waals surface area contributed by atoms with Crippen molar-refractivity contribution in [1.82, 2.24) is 15.0 Å². The van der Waals surface area contributed by atoms with Gasteiger partial charge in [-0.25, -0.2) is 15.0 Å². The molecule has 0 saturated heterocycles. The average Bonchev–Trinajstić information content (AvgIpc) is 2.88. The van der Waals surface area contributed by atoms with Crippen molar-refractivity contribution in [2.75, 3.05) is 5.32 Å². The summed E-state index contributed by atoms with van der Waals surface area (Å²) in [5, 5.41) is 4.19. The van der Waals surface area contributed by atoms with Gasteiger partial charge in [-0.3, -0.25) is 0 Å². The predicted molar refractivity (Wildman–Crippen MR) is 129 cm³/mol.